The number of primary amides is 1. The standard InChI is InChI=1S/C19H19FN2O3/c20-15-3-1-2-13(10-15)12-25-16-4-5-17-14(11-16)6-8-22(19(17)24)9-7-18(21)23/h1-5,10-11H,6-9,12H2,(H2,21,23). The molecule has 0 radical (unpaired) electrons. The van der Waals surface area contributed by atoms with E-state index >= 15 is 0 Å². The van der Waals surface area contributed by atoms with Gasteiger partial charge in [0, 0.05) is 25.1 Å². The summed E-state index contributed by atoms with van der Waals surface area (Å²) in [5.74, 6) is -0.173. The minimum Gasteiger partial charge on any atom is -0.489 e. The zero-order valence-corrected chi connectivity index (χ0v) is 13.7. The highest BCUT2D eigenvalue weighted by molar-refractivity contribution is 5.97. The molecule has 2 amide bonds. The Bertz CT molecular complexity index is 807. The molecule has 5 nitrogen and oxygen atoms in total. The Kier molecular flexibility index (Phi) is 4.97. The normalized spacial score (nSPS) is 13.5. The predicted molar refractivity (Wildman–Crippen MR) is 90.6 cm³/mol. The monoisotopic (exact) mass is 342 g/mol. The average molecular weight is 342 g/mol. The van der Waals surface area contributed by atoms with Gasteiger partial charge in [0.25, 0.3) is 5.91 Å². The van der Waals surface area contributed by atoms with Crippen LogP contribution in [0.15, 0.2) is 42.5 Å². The zero-order chi connectivity index (χ0) is 17.8. The van der Waals surface area contributed by atoms with Crippen LogP contribution >= 0.6 is 0 Å². The van der Waals surface area contributed by atoms with Crippen molar-refractivity contribution in [1.29, 1.82) is 0 Å². The maximum Gasteiger partial charge on any atom is 0.254 e. The summed E-state index contributed by atoms with van der Waals surface area (Å²) in [6.07, 6.45) is 0.854. The van der Waals surface area contributed by atoms with Crippen LogP contribution in [0, 0.1) is 5.82 Å². The van der Waals surface area contributed by atoms with Crippen molar-refractivity contribution >= 4 is 11.8 Å². The van der Waals surface area contributed by atoms with Crippen LogP contribution in [0.2, 0.25) is 0 Å². The van der Waals surface area contributed by atoms with Gasteiger partial charge in [-0.05, 0) is 47.9 Å². The van der Waals surface area contributed by atoms with Gasteiger partial charge in [-0.25, -0.2) is 4.39 Å². The number of amides is 2. The number of rotatable bonds is 6. The van der Waals surface area contributed by atoms with E-state index in [2.05, 4.69) is 0 Å². The Morgan fingerprint density at radius 1 is 1.24 bits per heavy atom. The van der Waals surface area contributed by atoms with Crippen LogP contribution in [0.5, 0.6) is 5.75 Å². The fourth-order valence-corrected chi connectivity index (χ4v) is 2.85. The molecule has 2 aromatic carbocycles. The molecule has 0 aromatic heterocycles. The second-order valence-corrected chi connectivity index (χ2v) is 6.00. The van der Waals surface area contributed by atoms with Crippen molar-refractivity contribution in [1.82, 2.24) is 4.90 Å². The minimum absolute atomic E-state index is 0.0980. The van der Waals surface area contributed by atoms with E-state index in [1.54, 1.807) is 29.2 Å². The first-order chi connectivity index (χ1) is 12.0. The van der Waals surface area contributed by atoms with Crippen molar-refractivity contribution in [2.45, 2.75) is 19.4 Å². The number of nitrogens with zero attached hydrogens (tertiary/aromatic N) is 1. The van der Waals surface area contributed by atoms with Crippen molar-refractivity contribution in [3.05, 3.63) is 65.0 Å². The van der Waals surface area contributed by atoms with Gasteiger partial charge in [-0.2, -0.15) is 0 Å². The summed E-state index contributed by atoms with van der Waals surface area (Å²) in [4.78, 5) is 25.0. The molecule has 6 heteroatoms. The van der Waals surface area contributed by atoms with Crippen molar-refractivity contribution < 1.29 is 18.7 Å². The fraction of sp³-hybridized carbons (Fsp3) is 0.263. The van der Waals surface area contributed by atoms with Crippen LogP contribution in [-0.4, -0.2) is 29.8 Å². The highest BCUT2D eigenvalue weighted by atomic mass is 19.1. The molecule has 0 bridgehead atoms. The number of fused-ring (bicyclic) bond motifs is 1. The molecule has 0 aliphatic carbocycles. The van der Waals surface area contributed by atoms with Crippen molar-refractivity contribution in [2.75, 3.05) is 13.1 Å². The maximum atomic E-state index is 13.2. The summed E-state index contributed by atoms with van der Waals surface area (Å²) < 4.78 is 18.9. The quantitative estimate of drug-likeness (QED) is 0.875. The predicted octanol–water partition coefficient (Wildman–Crippen LogP) is 2.28. The van der Waals surface area contributed by atoms with Crippen LogP contribution in [0.1, 0.15) is 27.9 Å². The molecule has 0 unspecified atom stereocenters. The van der Waals surface area contributed by atoms with Crippen LogP contribution in [0.3, 0.4) is 0 Å². The van der Waals surface area contributed by atoms with Crippen LogP contribution in [0.4, 0.5) is 4.39 Å². The Morgan fingerprint density at radius 3 is 2.84 bits per heavy atom. The molecule has 2 aromatic rings. The third-order valence-corrected chi connectivity index (χ3v) is 4.17. The van der Waals surface area contributed by atoms with Crippen molar-refractivity contribution in [3.8, 4) is 5.75 Å². The van der Waals surface area contributed by atoms with Gasteiger partial charge < -0.3 is 15.4 Å². The second kappa shape index (κ2) is 7.34. The number of nitrogens with two attached hydrogens (primary N) is 1. The molecule has 1 aliphatic heterocycles. The lowest BCUT2D eigenvalue weighted by Gasteiger charge is -2.28. The summed E-state index contributed by atoms with van der Waals surface area (Å²) in [5, 5.41) is 0. The Hall–Kier alpha value is -2.89. The molecule has 130 valence electrons. The van der Waals surface area contributed by atoms with E-state index in [4.69, 9.17) is 10.5 Å². The lowest BCUT2D eigenvalue weighted by molar-refractivity contribution is -0.118. The summed E-state index contributed by atoms with van der Waals surface area (Å²) in [5.41, 5.74) is 7.42. The first-order valence-corrected chi connectivity index (χ1v) is 8.10. The number of hydrogen-bond donors (Lipinski definition) is 1. The Balaban J connectivity index is 1.67. The molecule has 25 heavy (non-hydrogen) atoms. The van der Waals surface area contributed by atoms with E-state index in [1.807, 2.05) is 6.07 Å². The molecule has 0 saturated heterocycles. The largest absolute Gasteiger partial charge is 0.489 e. The van der Waals surface area contributed by atoms with E-state index in [-0.39, 0.29) is 24.8 Å². The van der Waals surface area contributed by atoms with Gasteiger partial charge in [-0.15, -0.1) is 0 Å². The van der Waals surface area contributed by atoms with E-state index in [1.165, 1.54) is 12.1 Å². The maximum absolute atomic E-state index is 13.2. The van der Waals surface area contributed by atoms with E-state index in [9.17, 15) is 14.0 Å². The lowest BCUT2D eigenvalue weighted by Crippen LogP contribution is -2.39. The van der Waals surface area contributed by atoms with Gasteiger partial charge in [0.05, 0.1) is 0 Å². The molecule has 2 N–H and O–H groups in total. The minimum atomic E-state index is -0.417. The molecule has 0 fully saturated rings. The number of benzene rings is 2. The van der Waals surface area contributed by atoms with Crippen LogP contribution < -0.4 is 10.5 Å². The van der Waals surface area contributed by atoms with E-state index < -0.39 is 5.91 Å². The summed E-state index contributed by atoms with van der Waals surface area (Å²) >= 11 is 0. The number of carbonyl (C=O) groups excluding carboxylic acids is 2. The molecule has 3 rings (SSSR count). The molecule has 1 heterocycles. The number of carbonyl (C=O) groups is 2. The van der Waals surface area contributed by atoms with Gasteiger partial charge >= 0.3 is 0 Å². The molecule has 0 atom stereocenters. The Labute approximate surface area is 145 Å². The smallest absolute Gasteiger partial charge is 0.254 e. The SMILES string of the molecule is NC(=O)CCN1CCc2cc(OCc3cccc(F)c3)ccc2C1=O. The topological polar surface area (TPSA) is 72.6 Å². The van der Waals surface area contributed by atoms with Crippen LogP contribution in [0.25, 0.3) is 0 Å². The molecule has 0 saturated carbocycles. The number of halogens is 1. The summed E-state index contributed by atoms with van der Waals surface area (Å²) in [6.45, 7) is 1.15. The van der Waals surface area contributed by atoms with Gasteiger partial charge in [0.1, 0.15) is 18.2 Å². The third-order valence-electron chi connectivity index (χ3n) is 4.17. The van der Waals surface area contributed by atoms with Crippen molar-refractivity contribution in [2.24, 2.45) is 5.73 Å². The van der Waals surface area contributed by atoms with E-state index in [0.29, 0.717) is 30.8 Å². The first-order valence-electron chi connectivity index (χ1n) is 8.10. The third kappa shape index (κ3) is 4.15. The first kappa shape index (κ1) is 17.0. The highest BCUT2D eigenvalue weighted by Crippen LogP contribution is 2.24. The summed E-state index contributed by atoms with van der Waals surface area (Å²) in [6, 6.07) is 11.6. The molecular weight excluding hydrogens is 323 g/mol. The zero-order valence-electron chi connectivity index (χ0n) is 13.7. The lowest BCUT2D eigenvalue weighted by atomic mass is 9.98. The van der Waals surface area contributed by atoms with Gasteiger partial charge in [-0.1, -0.05) is 12.1 Å². The molecular formula is C19H19FN2O3. The molecule has 1 aliphatic rings. The van der Waals surface area contributed by atoms with E-state index in [0.717, 1.165) is 11.1 Å². The highest BCUT2D eigenvalue weighted by Gasteiger charge is 2.24. The van der Waals surface area contributed by atoms with Gasteiger partial charge in [-0.3, -0.25) is 9.59 Å². The molecule has 0 spiro atoms. The van der Waals surface area contributed by atoms with Crippen LogP contribution in [-0.2, 0) is 17.8 Å². The number of ether oxygens (including phenoxy) is 1. The van der Waals surface area contributed by atoms with Crippen molar-refractivity contribution in [3.63, 3.8) is 0 Å². The number of hydrogen-bond acceptors (Lipinski definition) is 3. The van der Waals surface area contributed by atoms with Gasteiger partial charge in [0.15, 0.2) is 0 Å². The fourth-order valence-electron chi connectivity index (χ4n) is 2.85. The van der Waals surface area contributed by atoms with Gasteiger partial charge in [0.2, 0.25) is 5.91 Å². The summed E-state index contributed by atoms with van der Waals surface area (Å²) in [7, 11) is 0. The average Bonchev–Trinajstić information content (AvgIpc) is 2.59. The Morgan fingerprint density at radius 2 is 2.08 bits per heavy atom. The second-order valence-electron chi connectivity index (χ2n) is 6.00.